The molecule has 0 bridgehead atoms. The highest BCUT2D eigenvalue weighted by Gasteiger charge is 2.17. The highest BCUT2D eigenvalue weighted by molar-refractivity contribution is 7.88. The lowest BCUT2D eigenvalue weighted by Crippen LogP contribution is -2.21. The lowest BCUT2D eigenvalue weighted by atomic mass is 10.0. The molecule has 0 atom stereocenters. The van der Waals surface area contributed by atoms with Gasteiger partial charge in [-0.1, -0.05) is 12.1 Å². The highest BCUT2D eigenvalue weighted by Crippen LogP contribution is 2.33. The van der Waals surface area contributed by atoms with Gasteiger partial charge in [-0.15, -0.1) is 0 Å². The van der Waals surface area contributed by atoms with Crippen molar-refractivity contribution in [2.24, 2.45) is 0 Å². The van der Waals surface area contributed by atoms with Crippen LogP contribution in [-0.4, -0.2) is 63.8 Å². The molecule has 4 heterocycles. The number of aromatic nitrogens is 6. The molecular weight excluding hydrogens is 543 g/mol. The van der Waals surface area contributed by atoms with E-state index in [0.717, 1.165) is 40.4 Å². The van der Waals surface area contributed by atoms with Crippen molar-refractivity contribution in [2.45, 2.75) is 13.1 Å². The van der Waals surface area contributed by atoms with Gasteiger partial charge in [-0.05, 0) is 67.2 Å². The minimum Gasteiger partial charge on any atom is -0.337 e. The largest absolute Gasteiger partial charge is 0.337 e. The molecule has 0 saturated carbocycles. The van der Waals surface area contributed by atoms with Crippen LogP contribution in [-0.2, 0) is 23.1 Å². The Morgan fingerprint density at radius 1 is 0.976 bits per heavy atom. The molecule has 0 spiro atoms. The summed E-state index contributed by atoms with van der Waals surface area (Å²) in [6, 6.07) is 14.2. The third kappa shape index (κ3) is 5.71. The zero-order chi connectivity index (χ0) is 28.7. The molecule has 0 fully saturated rings. The van der Waals surface area contributed by atoms with Gasteiger partial charge >= 0.3 is 0 Å². The standard InChI is InChI=1S/C29H27FN8O2S/c1-38(2)16-18-8-20(14-31-12-18)21-11-24-27(36-37-28(24)32-15-21)29-34-25-6-4-5-23(26(25)35-29)19-7-17(9-22(30)10-19)13-33-41(3,39)40/h4-12,14-15,33H,13,16H2,1-3H3,(H,34,35)(H,32,36,37). The Labute approximate surface area is 235 Å². The van der Waals surface area contributed by atoms with Crippen LogP contribution in [0.2, 0.25) is 0 Å². The Hall–Kier alpha value is -4.52. The van der Waals surface area contributed by atoms with E-state index in [9.17, 15) is 12.8 Å². The third-order valence-corrected chi connectivity index (χ3v) is 7.26. The molecule has 41 heavy (non-hydrogen) atoms. The summed E-state index contributed by atoms with van der Waals surface area (Å²) >= 11 is 0. The Morgan fingerprint density at radius 2 is 1.78 bits per heavy atom. The predicted molar refractivity (Wildman–Crippen MR) is 157 cm³/mol. The topological polar surface area (TPSA) is 133 Å². The first-order chi connectivity index (χ1) is 19.6. The second-order valence-electron chi connectivity index (χ2n) is 10.2. The number of halogens is 1. The van der Waals surface area contributed by atoms with Gasteiger partial charge in [-0.25, -0.2) is 27.5 Å². The second kappa shape index (κ2) is 10.5. The number of aromatic amines is 2. The number of pyridine rings is 2. The monoisotopic (exact) mass is 570 g/mol. The van der Waals surface area contributed by atoms with Gasteiger partial charge in [0, 0.05) is 48.4 Å². The summed E-state index contributed by atoms with van der Waals surface area (Å²) in [5.41, 5.74) is 7.36. The molecule has 6 aromatic rings. The van der Waals surface area contributed by atoms with Crippen LogP contribution in [0, 0.1) is 5.82 Å². The summed E-state index contributed by atoms with van der Waals surface area (Å²) < 4.78 is 40.1. The number of para-hydroxylation sites is 1. The van der Waals surface area contributed by atoms with Crippen molar-refractivity contribution < 1.29 is 12.8 Å². The number of benzene rings is 2. The van der Waals surface area contributed by atoms with Gasteiger partial charge in [-0.3, -0.25) is 10.1 Å². The summed E-state index contributed by atoms with van der Waals surface area (Å²) in [4.78, 5) is 19.3. The lowest BCUT2D eigenvalue weighted by molar-refractivity contribution is 0.402. The van der Waals surface area contributed by atoms with E-state index >= 15 is 0 Å². The fraction of sp³-hybridized carbons (Fsp3) is 0.172. The number of H-pyrrole nitrogens is 2. The SMILES string of the molecule is CN(C)Cc1cncc(-c2cnc3n[nH]c(-c4nc5c(-c6cc(F)cc(CNS(C)(=O)=O)c6)cccc5[nH]4)c3c2)c1. The maximum atomic E-state index is 14.6. The van der Waals surface area contributed by atoms with E-state index in [-0.39, 0.29) is 6.54 Å². The average molecular weight is 571 g/mol. The molecule has 4 aromatic heterocycles. The molecule has 0 aliphatic rings. The van der Waals surface area contributed by atoms with Gasteiger partial charge in [-0.2, -0.15) is 5.10 Å². The molecule has 0 radical (unpaired) electrons. The van der Waals surface area contributed by atoms with E-state index in [4.69, 9.17) is 4.98 Å². The van der Waals surface area contributed by atoms with E-state index in [1.165, 1.54) is 12.1 Å². The lowest BCUT2D eigenvalue weighted by Gasteiger charge is -2.10. The normalized spacial score (nSPS) is 12.1. The van der Waals surface area contributed by atoms with Crippen LogP contribution in [0.5, 0.6) is 0 Å². The molecular formula is C29H27FN8O2S. The molecule has 6 rings (SSSR count). The van der Waals surface area contributed by atoms with E-state index in [0.29, 0.717) is 39.4 Å². The van der Waals surface area contributed by atoms with Gasteiger partial charge in [0.1, 0.15) is 11.5 Å². The fourth-order valence-electron chi connectivity index (χ4n) is 4.84. The number of rotatable bonds is 8. The molecule has 10 nitrogen and oxygen atoms in total. The first kappa shape index (κ1) is 26.7. The molecule has 0 aliphatic heterocycles. The quantitative estimate of drug-likeness (QED) is 0.246. The minimum atomic E-state index is -3.42. The Bertz CT molecular complexity index is 2020. The van der Waals surface area contributed by atoms with Gasteiger partial charge in [0.05, 0.1) is 22.7 Å². The number of nitrogens with zero attached hydrogens (tertiary/aromatic N) is 5. The molecule has 3 N–H and O–H groups in total. The number of hydrogen-bond acceptors (Lipinski definition) is 7. The van der Waals surface area contributed by atoms with E-state index < -0.39 is 15.8 Å². The van der Waals surface area contributed by atoms with Crippen LogP contribution in [0.25, 0.3) is 55.8 Å². The number of fused-ring (bicyclic) bond motifs is 2. The molecule has 12 heteroatoms. The first-order valence-corrected chi connectivity index (χ1v) is 14.7. The Kier molecular flexibility index (Phi) is 6.81. The van der Waals surface area contributed by atoms with Crippen LogP contribution in [0.3, 0.4) is 0 Å². The Balaban J connectivity index is 1.40. The van der Waals surface area contributed by atoms with Crippen molar-refractivity contribution in [1.29, 1.82) is 0 Å². The molecule has 208 valence electrons. The zero-order valence-corrected chi connectivity index (χ0v) is 23.4. The summed E-state index contributed by atoms with van der Waals surface area (Å²) in [7, 11) is 0.603. The van der Waals surface area contributed by atoms with E-state index in [2.05, 4.69) is 40.8 Å². The van der Waals surface area contributed by atoms with Gasteiger partial charge in [0.2, 0.25) is 10.0 Å². The summed E-state index contributed by atoms with van der Waals surface area (Å²) in [5.74, 6) is 0.0895. The van der Waals surface area contributed by atoms with E-state index in [1.54, 1.807) is 12.3 Å². The minimum absolute atomic E-state index is 0.0194. The predicted octanol–water partition coefficient (Wildman–Crippen LogP) is 4.48. The number of hydrogen-bond donors (Lipinski definition) is 3. The second-order valence-corrected chi connectivity index (χ2v) is 12.1. The average Bonchev–Trinajstić information content (AvgIpc) is 3.54. The molecule has 0 saturated heterocycles. The van der Waals surface area contributed by atoms with Crippen LogP contribution in [0.4, 0.5) is 4.39 Å². The maximum absolute atomic E-state index is 14.6. The van der Waals surface area contributed by atoms with Crippen LogP contribution >= 0.6 is 0 Å². The number of nitrogens with one attached hydrogen (secondary N) is 3. The summed E-state index contributed by atoms with van der Waals surface area (Å²) in [5, 5.41) is 8.23. The first-order valence-electron chi connectivity index (χ1n) is 12.8. The van der Waals surface area contributed by atoms with E-state index in [1.807, 2.05) is 50.8 Å². The number of sulfonamides is 1. The highest BCUT2D eigenvalue weighted by atomic mass is 32.2. The molecule has 0 amide bonds. The summed E-state index contributed by atoms with van der Waals surface area (Å²) in [6.07, 6.45) is 6.51. The Morgan fingerprint density at radius 3 is 2.59 bits per heavy atom. The van der Waals surface area contributed by atoms with Crippen LogP contribution < -0.4 is 4.72 Å². The van der Waals surface area contributed by atoms with Crippen LogP contribution in [0.15, 0.2) is 67.1 Å². The maximum Gasteiger partial charge on any atom is 0.209 e. The molecule has 0 unspecified atom stereocenters. The van der Waals surface area contributed by atoms with Gasteiger partial charge in [0.25, 0.3) is 0 Å². The fourth-order valence-corrected chi connectivity index (χ4v) is 5.27. The third-order valence-electron chi connectivity index (χ3n) is 6.59. The van der Waals surface area contributed by atoms with Crippen molar-refractivity contribution in [3.8, 4) is 33.8 Å². The number of imidazole rings is 1. The van der Waals surface area contributed by atoms with Crippen molar-refractivity contribution in [1.82, 2.24) is 39.8 Å². The van der Waals surface area contributed by atoms with Crippen molar-refractivity contribution >= 4 is 32.1 Å². The molecule has 0 aliphatic carbocycles. The van der Waals surface area contributed by atoms with Crippen molar-refractivity contribution in [3.05, 3.63) is 84.1 Å². The zero-order valence-electron chi connectivity index (χ0n) is 22.6. The van der Waals surface area contributed by atoms with Crippen LogP contribution in [0.1, 0.15) is 11.1 Å². The molecule has 2 aromatic carbocycles. The smallest absolute Gasteiger partial charge is 0.209 e. The van der Waals surface area contributed by atoms with Gasteiger partial charge in [0.15, 0.2) is 11.5 Å². The van der Waals surface area contributed by atoms with Crippen molar-refractivity contribution in [2.75, 3.05) is 20.4 Å². The van der Waals surface area contributed by atoms with Gasteiger partial charge < -0.3 is 9.88 Å². The summed E-state index contributed by atoms with van der Waals surface area (Å²) in [6.45, 7) is 0.754. The van der Waals surface area contributed by atoms with Crippen molar-refractivity contribution in [3.63, 3.8) is 0 Å².